The highest BCUT2D eigenvalue weighted by molar-refractivity contribution is 6.36. The zero-order valence-electron chi connectivity index (χ0n) is 12.4. The molecular formula is C16H18Cl2N2O2. The molecule has 1 aromatic carbocycles. The first-order valence-corrected chi connectivity index (χ1v) is 8.26. The molecule has 1 aliphatic carbocycles. The molecule has 1 saturated heterocycles. The molecule has 4 nitrogen and oxygen atoms in total. The highest BCUT2D eigenvalue weighted by Crippen LogP contribution is 2.47. The molecule has 2 amide bonds. The summed E-state index contributed by atoms with van der Waals surface area (Å²) < 4.78 is 0. The van der Waals surface area contributed by atoms with E-state index in [1.54, 1.807) is 18.2 Å². The van der Waals surface area contributed by atoms with Crippen LogP contribution in [0.3, 0.4) is 0 Å². The van der Waals surface area contributed by atoms with Crippen molar-refractivity contribution >= 4 is 40.7 Å². The van der Waals surface area contributed by atoms with E-state index in [-0.39, 0.29) is 18.2 Å². The van der Waals surface area contributed by atoms with Crippen molar-refractivity contribution in [2.75, 3.05) is 5.43 Å². The Morgan fingerprint density at radius 3 is 2.77 bits per heavy atom. The van der Waals surface area contributed by atoms with Crippen molar-refractivity contribution in [3.05, 3.63) is 28.2 Å². The van der Waals surface area contributed by atoms with Crippen molar-refractivity contribution in [2.24, 2.45) is 11.3 Å². The number of imide groups is 1. The van der Waals surface area contributed by atoms with Crippen molar-refractivity contribution in [2.45, 2.75) is 39.0 Å². The van der Waals surface area contributed by atoms with Crippen molar-refractivity contribution in [1.82, 2.24) is 5.01 Å². The number of nitrogens with zero attached hydrogens (tertiary/aromatic N) is 1. The number of anilines is 1. The van der Waals surface area contributed by atoms with E-state index in [1.165, 1.54) is 0 Å². The fourth-order valence-corrected chi connectivity index (χ4v) is 4.07. The number of nitrogens with one attached hydrogen (secondary N) is 1. The first-order valence-electron chi connectivity index (χ1n) is 7.50. The quantitative estimate of drug-likeness (QED) is 0.817. The Labute approximate surface area is 139 Å². The minimum atomic E-state index is -0.527. The SMILES string of the molecule is CC1CCCC2(CC(=O)N(Nc3ccc(Cl)cc3Cl)C2=O)C1. The molecule has 6 heteroatoms. The molecule has 2 aliphatic rings. The molecule has 22 heavy (non-hydrogen) atoms. The van der Waals surface area contributed by atoms with Gasteiger partial charge >= 0.3 is 0 Å². The van der Waals surface area contributed by atoms with Gasteiger partial charge in [-0.3, -0.25) is 15.0 Å². The monoisotopic (exact) mass is 340 g/mol. The summed E-state index contributed by atoms with van der Waals surface area (Å²) in [4.78, 5) is 25.1. The number of benzene rings is 1. The van der Waals surface area contributed by atoms with Gasteiger partial charge in [-0.05, 0) is 37.0 Å². The number of hydrogen-bond donors (Lipinski definition) is 1. The van der Waals surface area contributed by atoms with Crippen LogP contribution in [0.15, 0.2) is 18.2 Å². The lowest BCUT2D eigenvalue weighted by Crippen LogP contribution is -2.41. The average Bonchev–Trinajstić information content (AvgIpc) is 2.65. The molecule has 1 N–H and O–H groups in total. The van der Waals surface area contributed by atoms with Gasteiger partial charge in [0.2, 0.25) is 5.91 Å². The molecule has 0 aromatic heterocycles. The second-order valence-electron chi connectivity index (χ2n) is 6.43. The van der Waals surface area contributed by atoms with Crippen molar-refractivity contribution in [3.8, 4) is 0 Å². The second-order valence-corrected chi connectivity index (χ2v) is 7.27. The summed E-state index contributed by atoms with van der Waals surface area (Å²) in [7, 11) is 0. The van der Waals surface area contributed by atoms with Gasteiger partial charge in [-0.15, -0.1) is 0 Å². The molecule has 118 valence electrons. The van der Waals surface area contributed by atoms with Gasteiger partial charge in [-0.2, -0.15) is 5.01 Å². The summed E-state index contributed by atoms with van der Waals surface area (Å²) in [5, 5.41) is 2.02. The van der Waals surface area contributed by atoms with Crippen LogP contribution in [0.1, 0.15) is 39.0 Å². The maximum absolute atomic E-state index is 12.8. The Hall–Kier alpha value is -1.26. The number of halogens is 2. The molecule has 2 atom stereocenters. The van der Waals surface area contributed by atoms with E-state index >= 15 is 0 Å². The van der Waals surface area contributed by atoms with Gasteiger partial charge in [0.1, 0.15) is 0 Å². The zero-order valence-corrected chi connectivity index (χ0v) is 13.9. The predicted octanol–water partition coefficient (Wildman–Crippen LogP) is 4.28. The van der Waals surface area contributed by atoms with Crippen LogP contribution in [0.4, 0.5) is 5.69 Å². The Morgan fingerprint density at radius 1 is 1.32 bits per heavy atom. The van der Waals surface area contributed by atoms with Gasteiger partial charge in [0.25, 0.3) is 5.91 Å². The van der Waals surface area contributed by atoms with E-state index in [2.05, 4.69) is 12.3 Å². The lowest BCUT2D eigenvalue weighted by molar-refractivity contribution is -0.141. The van der Waals surface area contributed by atoms with Gasteiger partial charge in [0.15, 0.2) is 0 Å². The van der Waals surface area contributed by atoms with Gasteiger partial charge in [0, 0.05) is 11.4 Å². The Bertz CT molecular complexity index is 635. The van der Waals surface area contributed by atoms with Gasteiger partial charge in [0.05, 0.1) is 16.1 Å². The zero-order chi connectivity index (χ0) is 15.9. The molecule has 1 saturated carbocycles. The largest absolute Gasteiger partial charge is 0.287 e. The summed E-state index contributed by atoms with van der Waals surface area (Å²) in [6.07, 6.45) is 3.97. The number of rotatable bonds is 2. The number of hydrogen-bond acceptors (Lipinski definition) is 3. The minimum absolute atomic E-state index is 0.130. The maximum atomic E-state index is 12.8. The molecule has 2 fully saturated rings. The standard InChI is InChI=1S/C16H18Cl2N2O2/c1-10-3-2-6-16(8-10)9-14(21)20(15(16)22)19-13-5-4-11(17)7-12(13)18/h4-5,7,10,19H,2-3,6,8-9H2,1H3. The third-order valence-electron chi connectivity index (χ3n) is 4.65. The maximum Gasteiger partial charge on any atom is 0.254 e. The topological polar surface area (TPSA) is 49.4 Å². The Balaban J connectivity index is 1.83. The van der Waals surface area contributed by atoms with E-state index in [0.717, 1.165) is 30.7 Å². The van der Waals surface area contributed by atoms with E-state index in [4.69, 9.17) is 23.2 Å². The predicted molar refractivity (Wildman–Crippen MR) is 86.6 cm³/mol. The number of amides is 2. The van der Waals surface area contributed by atoms with Crippen LogP contribution < -0.4 is 5.43 Å². The summed E-state index contributed by atoms with van der Waals surface area (Å²) in [5.41, 5.74) is 2.85. The summed E-state index contributed by atoms with van der Waals surface area (Å²) in [6.45, 7) is 2.14. The first-order chi connectivity index (χ1) is 10.4. The Morgan fingerprint density at radius 2 is 2.09 bits per heavy atom. The Kier molecular flexibility index (Phi) is 4.08. The minimum Gasteiger partial charge on any atom is -0.287 e. The average molecular weight is 341 g/mol. The van der Waals surface area contributed by atoms with Gasteiger partial charge in [-0.25, -0.2) is 0 Å². The lowest BCUT2D eigenvalue weighted by atomic mass is 9.69. The van der Waals surface area contributed by atoms with E-state index in [0.29, 0.717) is 21.7 Å². The first kappa shape index (κ1) is 15.6. The lowest BCUT2D eigenvalue weighted by Gasteiger charge is -2.34. The summed E-state index contributed by atoms with van der Waals surface area (Å²) in [5.74, 6) is 0.157. The molecule has 2 unspecified atom stereocenters. The van der Waals surface area contributed by atoms with Crippen LogP contribution in [0.25, 0.3) is 0 Å². The van der Waals surface area contributed by atoms with Gasteiger partial charge in [-0.1, -0.05) is 43.0 Å². The third kappa shape index (κ3) is 2.70. The molecular weight excluding hydrogens is 323 g/mol. The second kappa shape index (κ2) is 5.74. The fraction of sp³-hybridized carbons (Fsp3) is 0.500. The number of hydrazine groups is 1. The van der Waals surface area contributed by atoms with E-state index in [9.17, 15) is 9.59 Å². The molecule has 3 rings (SSSR count). The summed E-state index contributed by atoms with van der Waals surface area (Å²) in [6, 6.07) is 4.91. The molecule has 1 aliphatic heterocycles. The highest BCUT2D eigenvalue weighted by atomic mass is 35.5. The van der Waals surface area contributed by atoms with Crippen LogP contribution in [-0.2, 0) is 9.59 Å². The molecule has 1 spiro atoms. The van der Waals surface area contributed by atoms with Crippen LogP contribution in [0.2, 0.25) is 10.0 Å². The van der Waals surface area contributed by atoms with Crippen LogP contribution in [0.5, 0.6) is 0 Å². The van der Waals surface area contributed by atoms with Crippen molar-refractivity contribution in [3.63, 3.8) is 0 Å². The van der Waals surface area contributed by atoms with E-state index < -0.39 is 5.41 Å². The van der Waals surface area contributed by atoms with Crippen molar-refractivity contribution in [1.29, 1.82) is 0 Å². The molecule has 1 aromatic rings. The number of carbonyl (C=O) groups excluding carboxylic acids is 2. The molecule has 1 heterocycles. The molecule has 0 bridgehead atoms. The summed E-state index contributed by atoms with van der Waals surface area (Å²) >= 11 is 12.0. The van der Waals surface area contributed by atoms with Crippen LogP contribution in [0, 0.1) is 11.3 Å². The van der Waals surface area contributed by atoms with Crippen LogP contribution >= 0.6 is 23.2 Å². The molecule has 0 radical (unpaired) electrons. The highest BCUT2D eigenvalue weighted by Gasteiger charge is 2.53. The normalized spacial score (nSPS) is 28.5. The number of carbonyl (C=O) groups is 2. The smallest absolute Gasteiger partial charge is 0.254 e. The van der Waals surface area contributed by atoms with Crippen molar-refractivity contribution < 1.29 is 9.59 Å². The van der Waals surface area contributed by atoms with Gasteiger partial charge < -0.3 is 0 Å². The third-order valence-corrected chi connectivity index (χ3v) is 5.20. The van der Waals surface area contributed by atoms with E-state index in [1.807, 2.05) is 0 Å². The van der Waals surface area contributed by atoms with Crippen LogP contribution in [-0.4, -0.2) is 16.8 Å². The fourth-order valence-electron chi connectivity index (χ4n) is 3.62.